The smallest absolute Gasteiger partial charge is 0.00417 e. The molecule has 1 rings (SSSR count). The van der Waals surface area contributed by atoms with Gasteiger partial charge >= 0.3 is 0 Å². The molecular formula is C13H25N. The summed E-state index contributed by atoms with van der Waals surface area (Å²) < 4.78 is 0. The molecule has 14 heavy (non-hydrogen) atoms. The molecule has 0 aliphatic heterocycles. The van der Waals surface area contributed by atoms with Crippen molar-refractivity contribution in [2.75, 3.05) is 6.54 Å². The molecule has 1 atom stereocenters. The Kier molecular flexibility index (Phi) is 5.93. The van der Waals surface area contributed by atoms with Crippen LogP contribution in [0.5, 0.6) is 0 Å². The summed E-state index contributed by atoms with van der Waals surface area (Å²) in [6.07, 6.45) is 11.6. The lowest BCUT2D eigenvalue weighted by Gasteiger charge is -2.23. The highest BCUT2D eigenvalue weighted by Gasteiger charge is 2.13. The minimum absolute atomic E-state index is 0.662. The summed E-state index contributed by atoms with van der Waals surface area (Å²) in [7, 11) is 0. The van der Waals surface area contributed by atoms with Crippen molar-refractivity contribution >= 4 is 0 Å². The van der Waals surface area contributed by atoms with Crippen LogP contribution in [0.4, 0.5) is 0 Å². The molecule has 0 spiro atoms. The Bertz CT molecular complexity index is 147. The van der Waals surface area contributed by atoms with Gasteiger partial charge in [-0.1, -0.05) is 25.3 Å². The number of allylic oxidation sites excluding steroid dienone is 1. The van der Waals surface area contributed by atoms with E-state index in [1.165, 1.54) is 45.1 Å². The van der Waals surface area contributed by atoms with Gasteiger partial charge < -0.3 is 5.32 Å². The highest BCUT2D eigenvalue weighted by Crippen LogP contribution is 2.22. The molecule has 0 aromatic carbocycles. The maximum absolute atomic E-state index is 3.75. The number of hydrogen-bond donors (Lipinski definition) is 1. The van der Waals surface area contributed by atoms with Gasteiger partial charge in [0.1, 0.15) is 0 Å². The van der Waals surface area contributed by atoms with E-state index in [9.17, 15) is 0 Å². The molecule has 0 saturated heterocycles. The predicted octanol–water partition coefficient (Wildman–Crippen LogP) is 3.51. The van der Waals surface area contributed by atoms with Gasteiger partial charge in [-0.2, -0.15) is 0 Å². The standard InChI is InChI=1S/C13H25N/c1-3-4-8-12(2)14-11-13-9-6-5-7-10-13/h3,12-14H,1,4-11H2,2H3. The van der Waals surface area contributed by atoms with Crippen LogP contribution < -0.4 is 5.32 Å². The van der Waals surface area contributed by atoms with Crippen molar-refractivity contribution in [1.82, 2.24) is 5.32 Å². The van der Waals surface area contributed by atoms with Crippen LogP contribution in [-0.4, -0.2) is 12.6 Å². The minimum Gasteiger partial charge on any atom is -0.314 e. The lowest BCUT2D eigenvalue weighted by atomic mass is 9.89. The fourth-order valence-corrected chi connectivity index (χ4v) is 2.23. The van der Waals surface area contributed by atoms with Crippen molar-refractivity contribution < 1.29 is 0 Å². The summed E-state index contributed by atoms with van der Waals surface area (Å²) in [4.78, 5) is 0. The molecule has 1 nitrogen and oxygen atoms in total. The van der Waals surface area contributed by atoms with E-state index < -0.39 is 0 Å². The SMILES string of the molecule is C=CCCC(C)NCC1CCCCC1. The molecule has 1 aliphatic rings. The largest absolute Gasteiger partial charge is 0.314 e. The summed E-state index contributed by atoms with van der Waals surface area (Å²) >= 11 is 0. The Morgan fingerprint density at radius 1 is 1.36 bits per heavy atom. The first-order chi connectivity index (χ1) is 6.83. The Balaban J connectivity index is 2.03. The maximum atomic E-state index is 3.75. The molecule has 0 bridgehead atoms. The summed E-state index contributed by atoms with van der Waals surface area (Å²) in [5.41, 5.74) is 0. The van der Waals surface area contributed by atoms with Gasteiger partial charge in [0.15, 0.2) is 0 Å². The molecule has 1 N–H and O–H groups in total. The molecular weight excluding hydrogens is 170 g/mol. The molecule has 1 saturated carbocycles. The predicted molar refractivity (Wildman–Crippen MR) is 63.5 cm³/mol. The lowest BCUT2D eigenvalue weighted by Crippen LogP contribution is -2.31. The summed E-state index contributed by atoms with van der Waals surface area (Å²) in [5.74, 6) is 0.954. The van der Waals surface area contributed by atoms with E-state index in [1.807, 2.05) is 6.08 Å². The molecule has 0 radical (unpaired) electrons. The van der Waals surface area contributed by atoms with E-state index in [1.54, 1.807) is 0 Å². The maximum Gasteiger partial charge on any atom is 0.00417 e. The Morgan fingerprint density at radius 3 is 2.71 bits per heavy atom. The zero-order chi connectivity index (χ0) is 10.2. The van der Waals surface area contributed by atoms with E-state index in [0.29, 0.717) is 6.04 Å². The van der Waals surface area contributed by atoms with Gasteiger partial charge in [-0.15, -0.1) is 6.58 Å². The van der Waals surface area contributed by atoms with E-state index in [4.69, 9.17) is 0 Å². The highest BCUT2D eigenvalue weighted by molar-refractivity contribution is 4.73. The number of nitrogens with one attached hydrogen (secondary N) is 1. The first kappa shape index (κ1) is 11.8. The van der Waals surface area contributed by atoms with Gasteiger partial charge in [-0.3, -0.25) is 0 Å². The minimum atomic E-state index is 0.662. The van der Waals surface area contributed by atoms with Crippen molar-refractivity contribution in [1.29, 1.82) is 0 Å². The quantitative estimate of drug-likeness (QED) is 0.640. The van der Waals surface area contributed by atoms with Crippen LogP contribution in [0.3, 0.4) is 0 Å². The molecule has 0 amide bonds. The van der Waals surface area contributed by atoms with Crippen molar-refractivity contribution in [2.45, 2.75) is 57.9 Å². The number of hydrogen-bond acceptors (Lipinski definition) is 1. The fraction of sp³-hybridized carbons (Fsp3) is 0.846. The molecule has 1 heteroatoms. The van der Waals surface area contributed by atoms with Gasteiger partial charge in [0.25, 0.3) is 0 Å². The lowest BCUT2D eigenvalue weighted by molar-refractivity contribution is 0.327. The van der Waals surface area contributed by atoms with E-state index in [0.717, 1.165) is 12.3 Å². The van der Waals surface area contributed by atoms with Crippen LogP contribution in [0.15, 0.2) is 12.7 Å². The first-order valence-corrected chi connectivity index (χ1v) is 6.17. The van der Waals surface area contributed by atoms with Crippen molar-refractivity contribution in [3.05, 3.63) is 12.7 Å². The topological polar surface area (TPSA) is 12.0 Å². The van der Waals surface area contributed by atoms with Gasteiger partial charge in [-0.25, -0.2) is 0 Å². The fourth-order valence-electron chi connectivity index (χ4n) is 2.23. The summed E-state index contributed by atoms with van der Waals surface area (Å²) in [5, 5.41) is 3.64. The van der Waals surface area contributed by atoms with Crippen molar-refractivity contribution in [3.8, 4) is 0 Å². The third kappa shape index (κ3) is 4.80. The normalized spacial score (nSPS) is 20.6. The molecule has 1 fully saturated rings. The van der Waals surface area contributed by atoms with Gasteiger partial charge in [-0.05, 0) is 45.1 Å². The van der Waals surface area contributed by atoms with E-state index in [2.05, 4.69) is 18.8 Å². The van der Waals surface area contributed by atoms with Crippen LogP contribution in [0.25, 0.3) is 0 Å². The molecule has 0 heterocycles. The molecule has 1 unspecified atom stereocenters. The van der Waals surface area contributed by atoms with Crippen LogP contribution in [-0.2, 0) is 0 Å². The van der Waals surface area contributed by atoms with Crippen LogP contribution in [0.1, 0.15) is 51.9 Å². The highest BCUT2D eigenvalue weighted by atomic mass is 14.9. The zero-order valence-electron chi connectivity index (χ0n) is 9.60. The molecule has 82 valence electrons. The molecule has 0 aromatic heterocycles. The Morgan fingerprint density at radius 2 is 2.07 bits per heavy atom. The monoisotopic (exact) mass is 195 g/mol. The van der Waals surface area contributed by atoms with Crippen LogP contribution in [0.2, 0.25) is 0 Å². The average molecular weight is 195 g/mol. The Labute approximate surface area is 89.0 Å². The van der Waals surface area contributed by atoms with Crippen molar-refractivity contribution in [3.63, 3.8) is 0 Å². The van der Waals surface area contributed by atoms with Crippen molar-refractivity contribution in [2.24, 2.45) is 5.92 Å². The second kappa shape index (κ2) is 7.05. The average Bonchev–Trinajstić information content (AvgIpc) is 2.25. The van der Waals surface area contributed by atoms with Gasteiger partial charge in [0.05, 0.1) is 0 Å². The van der Waals surface area contributed by atoms with Crippen LogP contribution in [0, 0.1) is 5.92 Å². The first-order valence-electron chi connectivity index (χ1n) is 6.17. The summed E-state index contributed by atoms with van der Waals surface area (Å²) in [6, 6.07) is 0.662. The van der Waals surface area contributed by atoms with Gasteiger partial charge in [0.2, 0.25) is 0 Å². The second-order valence-corrected chi connectivity index (χ2v) is 4.68. The second-order valence-electron chi connectivity index (χ2n) is 4.68. The molecule has 0 aromatic rings. The number of rotatable bonds is 6. The molecule has 1 aliphatic carbocycles. The van der Waals surface area contributed by atoms with E-state index >= 15 is 0 Å². The zero-order valence-corrected chi connectivity index (χ0v) is 9.60. The van der Waals surface area contributed by atoms with E-state index in [-0.39, 0.29) is 0 Å². The van der Waals surface area contributed by atoms with Gasteiger partial charge in [0, 0.05) is 6.04 Å². The Hall–Kier alpha value is -0.300. The third-order valence-electron chi connectivity index (χ3n) is 3.28. The summed E-state index contributed by atoms with van der Waals surface area (Å²) in [6.45, 7) is 7.27. The third-order valence-corrected chi connectivity index (χ3v) is 3.28. The van der Waals surface area contributed by atoms with Crippen LogP contribution >= 0.6 is 0 Å².